The number of unbranched alkanes of at least 4 members (excludes halogenated alkanes) is 2. The molecule has 0 N–H and O–H groups in total. The van der Waals surface area contributed by atoms with Crippen LogP contribution in [0.4, 0.5) is 23.0 Å². The standard InChI is InChI=1S/C46H43Cl2N2.BF4/c1-3-5-29-49-40(36-19-11-17-34-38(47)23-27-42(49)45(34)36)25-21-32-15-10-16-33(44(32)31-13-8-7-9-14-31)22-26-41-37-20-12-18-35-39(48)24-28-43(46(35)37)50(41)30-6-4-2;2-1(3,4)5/h7-9,11-14,17-28H,3-6,10,15-16,29-30H2,1-2H3;/q+1;-1. The number of aryl methyl sites for hydroxylation is 1. The van der Waals surface area contributed by atoms with Gasteiger partial charge in [0.25, 0.3) is 0 Å². The number of hydrogen-bond donors (Lipinski definition) is 0. The zero-order valence-electron chi connectivity index (χ0n) is 31.1. The number of nitrogens with zero attached hydrogens (tertiary/aromatic N) is 2. The lowest BCUT2D eigenvalue weighted by Crippen LogP contribution is -2.16. The smallest absolute Gasteiger partial charge is 0.418 e. The van der Waals surface area contributed by atoms with Crippen molar-refractivity contribution >= 4 is 86.0 Å². The van der Waals surface area contributed by atoms with E-state index in [0.717, 1.165) is 78.9 Å². The molecule has 55 heavy (non-hydrogen) atoms. The van der Waals surface area contributed by atoms with Crippen molar-refractivity contribution in [3.05, 3.63) is 147 Å². The van der Waals surface area contributed by atoms with Crippen LogP contribution in [0.1, 0.15) is 69.9 Å². The molecular weight excluding hydrogens is 738 g/mol. The molecule has 0 saturated heterocycles. The Morgan fingerprint density at radius 3 is 2.11 bits per heavy atom. The summed E-state index contributed by atoms with van der Waals surface area (Å²) in [6.07, 6.45) is 17.3. The third kappa shape index (κ3) is 8.06. The molecule has 0 bridgehead atoms. The number of rotatable bonds is 10. The van der Waals surface area contributed by atoms with Crippen molar-refractivity contribution in [2.24, 2.45) is 0 Å². The van der Waals surface area contributed by atoms with Gasteiger partial charge in [0.05, 0.1) is 10.9 Å². The van der Waals surface area contributed by atoms with E-state index in [4.69, 9.17) is 23.2 Å². The van der Waals surface area contributed by atoms with Crippen LogP contribution >= 0.6 is 23.2 Å². The minimum atomic E-state index is -6.00. The van der Waals surface area contributed by atoms with Gasteiger partial charge < -0.3 is 21.8 Å². The molecule has 2 heterocycles. The Kier molecular flexibility index (Phi) is 11.7. The summed E-state index contributed by atoms with van der Waals surface area (Å²) in [5, 5.41) is 8.97. The first-order valence-electron chi connectivity index (χ1n) is 19.2. The summed E-state index contributed by atoms with van der Waals surface area (Å²) in [6, 6.07) is 32.6. The number of allylic oxidation sites excluding steroid dienone is 6. The SMILES string of the molecule is CCCCn1/c(=C/C=C2\CCCC(/C=C/C3=[N+](CCCC)c4ccc(Cl)c5cccc3c45)=C2c2ccccc2)c2cccc3c(Cl)ccc1c32.F[B-](F)(F)F. The fourth-order valence-electron chi connectivity index (χ4n) is 8.20. The number of halogens is 6. The highest BCUT2D eigenvalue weighted by molar-refractivity contribution is 6.50. The Balaban J connectivity index is 0.000000875. The Morgan fingerprint density at radius 1 is 0.709 bits per heavy atom. The van der Waals surface area contributed by atoms with Gasteiger partial charge >= 0.3 is 7.25 Å². The van der Waals surface area contributed by atoms with Gasteiger partial charge in [-0.15, -0.1) is 0 Å². The zero-order valence-corrected chi connectivity index (χ0v) is 32.6. The largest absolute Gasteiger partial charge is 0.673 e. The first-order valence-corrected chi connectivity index (χ1v) is 19.9. The van der Waals surface area contributed by atoms with Crippen molar-refractivity contribution in [2.45, 2.75) is 65.3 Å². The molecule has 1 aliphatic heterocycles. The van der Waals surface area contributed by atoms with E-state index in [0.29, 0.717) is 0 Å². The molecule has 0 fully saturated rings. The van der Waals surface area contributed by atoms with Crippen LogP contribution in [0.25, 0.3) is 44.1 Å². The molecule has 1 aliphatic carbocycles. The van der Waals surface area contributed by atoms with Crippen molar-refractivity contribution < 1.29 is 21.8 Å². The summed E-state index contributed by atoms with van der Waals surface area (Å²) in [6.45, 7) is 6.50. The van der Waals surface area contributed by atoms with E-state index < -0.39 is 7.25 Å². The highest BCUT2D eigenvalue weighted by Gasteiger charge is 2.31. The molecule has 0 spiro atoms. The van der Waals surface area contributed by atoms with Crippen molar-refractivity contribution in [3.63, 3.8) is 0 Å². The van der Waals surface area contributed by atoms with Crippen LogP contribution in [-0.2, 0) is 6.54 Å². The molecule has 282 valence electrons. The van der Waals surface area contributed by atoms with Crippen LogP contribution in [0.2, 0.25) is 10.0 Å². The lowest BCUT2D eigenvalue weighted by molar-refractivity contribution is -0.436. The van der Waals surface area contributed by atoms with Crippen LogP contribution in [-0.4, -0.2) is 28.7 Å². The van der Waals surface area contributed by atoms with E-state index in [-0.39, 0.29) is 0 Å². The molecule has 2 aliphatic rings. The zero-order chi connectivity index (χ0) is 38.7. The van der Waals surface area contributed by atoms with Gasteiger partial charge in [-0.25, -0.2) is 0 Å². The van der Waals surface area contributed by atoms with E-state index in [1.807, 2.05) is 0 Å². The first-order chi connectivity index (χ1) is 26.6. The third-order valence-electron chi connectivity index (χ3n) is 10.6. The second kappa shape index (κ2) is 16.6. The highest BCUT2D eigenvalue weighted by atomic mass is 35.5. The van der Waals surface area contributed by atoms with Gasteiger partial charge in [0.1, 0.15) is 6.54 Å². The number of hydrogen-bond acceptors (Lipinski definition) is 0. The average Bonchev–Trinajstić information content (AvgIpc) is 3.65. The van der Waals surface area contributed by atoms with Crippen molar-refractivity contribution in [1.82, 2.24) is 4.57 Å². The van der Waals surface area contributed by atoms with Crippen molar-refractivity contribution in [2.75, 3.05) is 6.54 Å². The highest BCUT2D eigenvalue weighted by Crippen LogP contribution is 2.41. The van der Waals surface area contributed by atoms with E-state index >= 15 is 0 Å². The molecule has 6 aromatic rings. The molecule has 9 heteroatoms. The normalized spacial score (nSPS) is 15.8. The first kappa shape index (κ1) is 38.7. The minimum Gasteiger partial charge on any atom is -0.418 e. The van der Waals surface area contributed by atoms with E-state index in [2.05, 4.69) is 138 Å². The fraction of sp³-hybridized carbons (Fsp3) is 0.239. The van der Waals surface area contributed by atoms with Crippen LogP contribution in [0.5, 0.6) is 0 Å². The topological polar surface area (TPSA) is 7.94 Å². The average molecular weight is 782 g/mol. The molecule has 0 unspecified atom stereocenters. The maximum absolute atomic E-state index is 9.75. The summed E-state index contributed by atoms with van der Waals surface area (Å²) < 4.78 is 44.0. The van der Waals surface area contributed by atoms with Gasteiger partial charge in [0, 0.05) is 67.6 Å². The van der Waals surface area contributed by atoms with Crippen LogP contribution in [0.15, 0.2) is 120 Å². The van der Waals surface area contributed by atoms with Crippen LogP contribution in [0, 0.1) is 0 Å². The number of benzene rings is 5. The van der Waals surface area contributed by atoms with Crippen molar-refractivity contribution in [1.29, 1.82) is 0 Å². The Hall–Kier alpha value is -4.59. The van der Waals surface area contributed by atoms with Gasteiger partial charge in [-0.2, -0.15) is 4.58 Å². The summed E-state index contributed by atoms with van der Waals surface area (Å²) in [4.78, 5) is 0. The van der Waals surface area contributed by atoms with Gasteiger partial charge in [-0.3, -0.25) is 0 Å². The second-order valence-electron chi connectivity index (χ2n) is 14.2. The Bertz CT molecular complexity index is 2560. The van der Waals surface area contributed by atoms with Crippen molar-refractivity contribution in [3.8, 4) is 0 Å². The second-order valence-corrected chi connectivity index (χ2v) is 15.0. The van der Waals surface area contributed by atoms with Gasteiger partial charge in [-0.05, 0) is 78.3 Å². The summed E-state index contributed by atoms with van der Waals surface area (Å²) in [5.41, 5.74) is 10.5. The molecule has 1 aromatic heterocycles. The van der Waals surface area contributed by atoms with Crippen LogP contribution < -0.4 is 5.35 Å². The van der Waals surface area contributed by atoms with Gasteiger partial charge in [0.15, 0.2) is 0 Å². The predicted molar refractivity (Wildman–Crippen MR) is 226 cm³/mol. The molecule has 0 amide bonds. The maximum atomic E-state index is 9.75. The third-order valence-corrected chi connectivity index (χ3v) is 11.3. The molecule has 0 radical (unpaired) electrons. The quantitative estimate of drug-likeness (QED) is 0.0743. The molecular formula is C46H43BCl2F4N2. The predicted octanol–water partition coefficient (Wildman–Crippen LogP) is 13.9. The van der Waals surface area contributed by atoms with Gasteiger partial charge in [0.2, 0.25) is 11.4 Å². The maximum Gasteiger partial charge on any atom is 0.673 e. The lowest BCUT2D eigenvalue weighted by atomic mass is 9.82. The number of aromatic nitrogens is 1. The van der Waals surface area contributed by atoms with Crippen LogP contribution in [0.3, 0.4) is 0 Å². The Morgan fingerprint density at radius 2 is 1.38 bits per heavy atom. The van der Waals surface area contributed by atoms with E-state index in [1.54, 1.807) is 0 Å². The molecule has 5 aromatic carbocycles. The van der Waals surface area contributed by atoms with E-state index in [1.165, 1.54) is 66.3 Å². The molecule has 0 atom stereocenters. The van der Waals surface area contributed by atoms with E-state index in [9.17, 15) is 17.3 Å². The summed E-state index contributed by atoms with van der Waals surface area (Å²) in [5.74, 6) is 0. The monoisotopic (exact) mass is 780 g/mol. The van der Waals surface area contributed by atoms with Gasteiger partial charge in [-0.1, -0.05) is 123 Å². The molecule has 8 rings (SSSR count). The fourth-order valence-corrected chi connectivity index (χ4v) is 8.64. The minimum absolute atomic E-state index is 0.814. The summed E-state index contributed by atoms with van der Waals surface area (Å²) in [7, 11) is -6.00. The Labute approximate surface area is 329 Å². The lowest BCUT2D eigenvalue weighted by Gasteiger charge is -2.22. The summed E-state index contributed by atoms with van der Waals surface area (Å²) >= 11 is 13.4. The molecule has 2 nitrogen and oxygen atoms in total. The molecule has 0 saturated carbocycles.